The van der Waals surface area contributed by atoms with E-state index in [1.807, 2.05) is 18.2 Å². The Morgan fingerprint density at radius 3 is 2.80 bits per heavy atom. The zero-order valence-electron chi connectivity index (χ0n) is 11.3. The van der Waals surface area contributed by atoms with Gasteiger partial charge < -0.3 is 5.32 Å². The summed E-state index contributed by atoms with van der Waals surface area (Å²) in [5.74, 6) is 2.22. The number of aromatic nitrogens is 2. The first kappa shape index (κ1) is 15.0. The van der Waals surface area contributed by atoms with Crippen molar-refractivity contribution in [1.82, 2.24) is 9.97 Å². The average molecular weight is 307 g/mol. The van der Waals surface area contributed by atoms with Gasteiger partial charge in [0, 0.05) is 35.1 Å². The van der Waals surface area contributed by atoms with Crippen molar-refractivity contribution in [2.45, 2.75) is 10.8 Å². The van der Waals surface area contributed by atoms with Crippen LogP contribution in [-0.2, 0) is 16.6 Å². The van der Waals surface area contributed by atoms with E-state index < -0.39 is 10.8 Å². The van der Waals surface area contributed by atoms with Crippen LogP contribution in [0.15, 0.2) is 47.8 Å². The zero-order chi connectivity index (χ0) is 14.2. The Labute approximate surface area is 125 Å². The number of rotatable bonds is 7. The second-order valence-electron chi connectivity index (χ2n) is 4.22. The molecule has 0 saturated carbocycles. The molecule has 1 aromatic heterocycles. The molecule has 0 aliphatic carbocycles. The second kappa shape index (κ2) is 8.01. The summed E-state index contributed by atoms with van der Waals surface area (Å²) in [6.45, 7) is 0.643. The van der Waals surface area contributed by atoms with Gasteiger partial charge in [0.25, 0.3) is 0 Å². The molecule has 2 aromatic rings. The summed E-state index contributed by atoms with van der Waals surface area (Å²) in [6.07, 6.45) is 5.14. The number of nitrogens with one attached hydrogen (secondary N) is 1. The molecule has 0 saturated heterocycles. The fourth-order valence-electron chi connectivity index (χ4n) is 1.56. The maximum atomic E-state index is 11.0. The number of thioether (sulfide) groups is 1. The normalized spacial score (nSPS) is 12.1. The summed E-state index contributed by atoms with van der Waals surface area (Å²) in [4.78, 5) is 8.65. The highest BCUT2D eigenvalue weighted by atomic mass is 32.2. The van der Waals surface area contributed by atoms with Gasteiger partial charge in [0.05, 0.1) is 12.4 Å². The maximum absolute atomic E-state index is 11.0. The lowest BCUT2D eigenvalue weighted by molar-refractivity contribution is 0.687. The van der Waals surface area contributed by atoms with Crippen molar-refractivity contribution in [1.29, 1.82) is 0 Å². The summed E-state index contributed by atoms with van der Waals surface area (Å²) in [7, 11) is -0.789. The molecule has 0 amide bonds. The van der Waals surface area contributed by atoms with Crippen LogP contribution in [0.1, 0.15) is 5.56 Å². The summed E-state index contributed by atoms with van der Waals surface area (Å²) in [5.41, 5.74) is 1.26. The molecule has 2 rings (SSSR count). The topological polar surface area (TPSA) is 54.9 Å². The quantitative estimate of drug-likeness (QED) is 0.797. The lowest BCUT2D eigenvalue weighted by Crippen LogP contribution is -2.11. The third-order valence-electron chi connectivity index (χ3n) is 2.54. The summed E-state index contributed by atoms with van der Waals surface area (Å²) >= 11 is 1.65. The number of anilines is 1. The lowest BCUT2D eigenvalue weighted by Gasteiger charge is -2.06. The molecule has 4 nitrogen and oxygen atoms in total. The average Bonchev–Trinajstić information content (AvgIpc) is 2.46. The third-order valence-corrected chi connectivity index (χ3v) is 4.29. The van der Waals surface area contributed by atoms with Crippen LogP contribution < -0.4 is 5.32 Å². The van der Waals surface area contributed by atoms with E-state index in [9.17, 15) is 4.21 Å². The Morgan fingerprint density at radius 1 is 1.25 bits per heavy atom. The van der Waals surface area contributed by atoms with Crippen LogP contribution in [-0.4, -0.2) is 32.7 Å². The van der Waals surface area contributed by atoms with Crippen molar-refractivity contribution in [3.8, 4) is 0 Å². The molecular formula is C14H17N3OS2. The monoisotopic (exact) mass is 307 g/mol. The minimum atomic E-state index is -0.789. The predicted molar refractivity (Wildman–Crippen MR) is 85.5 cm³/mol. The molecule has 20 heavy (non-hydrogen) atoms. The fraction of sp³-hybridized carbons (Fsp3) is 0.286. The van der Waals surface area contributed by atoms with E-state index in [1.165, 1.54) is 5.56 Å². The molecule has 1 N–H and O–H groups in total. The molecule has 0 fully saturated rings. The van der Waals surface area contributed by atoms with E-state index in [0.717, 1.165) is 16.6 Å². The first-order chi connectivity index (χ1) is 9.74. The Hall–Kier alpha value is -1.40. The van der Waals surface area contributed by atoms with E-state index >= 15 is 0 Å². The molecule has 0 bridgehead atoms. The van der Waals surface area contributed by atoms with E-state index in [1.54, 1.807) is 30.4 Å². The summed E-state index contributed by atoms with van der Waals surface area (Å²) in [6, 6.07) is 10.3. The van der Waals surface area contributed by atoms with Gasteiger partial charge in [0.15, 0.2) is 0 Å². The smallest absolute Gasteiger partial charge is 0.145 e. The van der Waals surface area contributed by atoms with Crippen molar-refractivity contribution in [2.75, 3.05) is 23.9 Å². The Balaban J connectivity index is 1.87. The second-order valence-corrected chi connectivity index (χ2v) is 6.77. The van der Waals surface area contributed by atoms with E-state index in [0.29, 0.717) is 12.3 Å². The van der Waals surface area contributed by atoms with Gasteiger partial charge in [-0.05, 0) is 5.56 Å². The van der Waals surface area contributed by atoms with Crippen molar-refractivity contribution in [3.05, 3.63) is 48.3 Å². The van der Waals surface area contributed by atoms with Gasteiger partial charge in [-0.1, -0.05) is 30.3 Å². The highest BCUT2D eigenvalue weighted by Gasteiger charge is 2.01. The minimum Gasteiger partial charge on any atom is -0.368 e. The van der Waals surface area contributed by atoms with Gasteiger partial charge in [0.1, 0.15) is 10.8 Å². The molecular weight excluding hydrogens is 290 g/mol. The predicted octanol–water partition coefficient (Wildman–Crippen LogP) is 2.56. The zero-order valence-corrected chi connectivity index (χ0v) is 12.9. The Kier molecular flexibility index (Phi) is 6.01. The largest absolute Gasteiger partial charge is 0.368 e. The maximum Gasteiger partial charge on any atom is 0.145 e. The van der Waals surface area contributed by atoms with E-state index in [2.05, 4.69) is 27.4 Å². The van der Waals surface area contributed by atoms with E-state index in [4.69, 9.17) is 0 Å². The molecule has 0 radical (unpaired) electrons. The van der Waals surface area contributed by atoms with Crippen LogP contribution in [0.3, 0.4) is 0 Å². The number of hydrogen-bond acceptors (Lipinski definition) is 5. The van der Waals surface area contributed by atoms with Crippen LogP contribution in [0.4, 0.5) is 5.82 Å². The molecule has 1 heterocycles. The number of benzene rings is 1. The molecule has 0 aliphatic rings. The van der Waals surface area contributed by atoms with Gasteiger partial charge in [-0.25, -0.2) is 4.98 Å². The van der Waals surface area contributed by atoms with Crippen molar-refractivity contribution >= 4 is 28.4 Å². The summed E-state index contributed by atoms with van der Waals surface area (Å²) in [5, 5.41) is 4.02. The Bertz CT molecular complexity index is 563. The van der Waals surface area contributed by atoms with Gasteiger partial charge in [-0.3, -0.25) is 9.19 Å². The van der Waals surface area contributed by atoms with Crippen LogP contribution >= 0.6 is 11.8 Å². The van der Waals surface area contributed by atoms with Crippen molar-refractivity contribution < 1.29 is 4.21 Å². The molecule has 1 unspecified atom stereocenters. The van der Waals surface area contributed by atoms with Gasteiger partial charge >= 0.3 is 0 Å². The van der Waals surface area contributed by atoms with Crippen LogP contribution in [0.2, 0.25) is 0 Å². The van der Waals surface area contributed by atoms with Crippen LogP contribution in [0, 0.1) is 0 Å². The first-order valence-corrected chi connectivity index (χ1v) is 8.98. The standard InChI is InChI=1S/C14H17N3OS2/c1-20(18)8-7-16-13-9-15-10-14(17-13)19-11-12-5-3-2-4-6-12/h2-6,9-10H,7-8,11H2,1H3,(H,16,17). The fourth-order valence-corrected chi connectivity index (χ4v) is 2.75. The molecule has 0 spiro atoms. The van der Waals surface area contributed by atoms with Crippen LogP contribution in [0.5, 0.6) is 0 Å². The summed E-state index contributed by atoms with van der Waals surface area (Å²) < 4.78 is 11.0. The molecule has 106 valence electrons. The minimum absolute atomic E-state index is 0.614. The molecule has 6 heteroatoms. The SMILES string of the molecule is CS(=O)CCNc1cncc(SCc2ccccc2)n1. The lowest BCUT2D eigenvalue weighted by atomic mass is 10.2. The number of hydrogen-bond donors (Lipinski definition) is 1. The van der Waals surface area contributed by atoms with Gasteiger partial charge in [-0.15, -0.1) is 11.8 Å². The Morgan fingerprint density at radius 2 is 2.05 bits per heavy atom. The highest BCUT2D eigenvalue weighted by molar-refractivity contribution is 7.98. The first-order valence-electron chi connectivity index (χ1n) is 6.27. The van der Waals surface area contributed by atoms with Gasteiger partial charge in [0.2, 0.25) is 0 Å². The highest BCUT2D eigenvalue weighted by Crippen LogP contribution is 2.20. The van der Waals surface area contributed by atoms with Crippen molar-refractivity contribution in [2.24, 2.45) is 0 Å². The molecule has 1 aromatic carbocycles. The van der Waals surface area contributed by atoms with Crippen molar-refractivity contribution in [3.63, 3.8) is 0 Å². The molecule has 1 atom stereocenters. The van der Waals surface area contributed by atoms with Gasteiger partial charge in [-0.2, -0.15) is 0 Å². The van der Waals surface area contributed by atoms with Crippen LogP contribution in [0.25, 0.3) is 0 Å². The molecule has 0 aliphatic heterocycles. The third kappa shape index (κ3) is 5.30. The van der Waals surface area contributed by atoms with E-state index in [-0.39, 0.29) is 0 Å². The number of nitrogens with zero attached hydrogens (tertiary/aromatic N) is 2.